The van der Waals surface area contributed by atoms with Gasteiger partial charge in [-0.05, 0) is 58.4 Å². The lowest BCUT2D eigenvalue weighted by molar-refractivity contribution is -0.291. The van der Waals surface area contributed by atoms with Crippen LogP contribution in [0, 0.1) is 24.7 Å². The first-order valence-corrected chi connectivity index (χ1v) is 17.0. The molecule has 4 aliphatic heterocycles. The molecule has 0 aliphatic carbocycles. The zero-order valence-electron chi connectivity index (χ0n) is 28.8. The van der Waals surface area contributed by atoms with Crippen molar-refractivity contribution in [1.82, 2.24) is 8.96 Å². The number of aliphatic imine (C=N–C) groups is 1. The van der Waals surface area contributed by atoms with Gasteiger partial charge in [0.1, 0.15) is 11.3 Å². The maximum atomic E-state index is 7.79. The van der Waals surface area contributed by atoms with E-state index in [2.05, 4.69) is 121 Å². The molecule has 7 nitrogen and oxygen atoms in total. The van der Waals surface area contributed by atoms with Gasteiger partial charge in [0.05, 0.1) is 16.9 Å². The molecular weight excluding hydrogens is 615 g/mol. The highest BCUT2D eigenvalue weighted by Crippen LogP contribution is 2.47. The fourth-order valence-electron chi connectivity index (χ4n) is 8.20. The number of benzene rings is 4. The summed E-state index contributed by atoms with van der Waals surface area (Å²) in [5.41, 5.74) is 6.76. The van der Waals surface area contributed by atoms with Crippen molar-refractivity contribution in [3.63, 3.8) is 0 Å². The summed E-state index contributed by atoms with van der Waals surface area (Å²) in [5, 5.41) is 4.00. The molecule has 1 unspecified atom stereocenters. The van der Waals surface area contributed by atoms with Crippen LogP contribution in [0.2, 0.25) is 0 Å². The first kappa shape index (κ1) is 28.9. The highest BCUT2D eigenvalue weighted by Gasteiger charge is 2.59. The molecule has 240 valence electrons. The summed E-state index contributed by atoms with van der Waals surface area (Å²) in [6.45, 7) is 11.1. The Morgan fingerprint density at radius 3 is 1.72 bits per heavy atom. The van der Waals surface area contributed by atoms with Crippen LogP contribution in [0.15, 0.2) is 93.8 Å². The molecule has 6 heterocycles. The highest BCUT2D eigenvalue weighted by atomic mass is 16.5. The lowest BCUT2D eigenvalue weighted by atomic mass is 9.75. The maximum Gasteiger partial charge on any atom is 0.568 e. The number of hydrogen-bond donors (Lipinski definition) is 0. The van der Waals surface area contributed by atoms with Crippen molar-refractivity contribution in [3.8, 4) is 30.4 Å². The van der Waals surface area contributed by atoms with E-state index < -0.39 is 6.75 Å². The van der Waals surface area contributed by atoms with Crippen molar-refractivity contribution in [3.05, 3.63) is 123 Å². The number of nitrogens with zero attached hydrogens (tertiary/aromatic N) is 6. The van der Waals surface area contributed by atoms with Crippen molar-refractivity contribution in [1.29, 1.82) is 0 Å². The summed E-state index contributed by atoms with van der Waals surface area (Å²) in [4.78, 5) is 16.3. The predicted molar refractivity (Wildman–Crippen MR) is 200 cm³/mol. The molecule has 10 rings (SSSR count). The van der Waals surface area contributed by atoms with E-state index in [1.54, 1.807) is 0 Å². The van der Waals surface area contributed by atoms with Gasteiger partial charge < -0.3 is 18.1 Å². The molecular formula is C42H33BN6O. The van der Waals surface area contributed by atoms with E-state index in [0.717, 1.165) is 72.7 Å². The van der Waals surface area contributed by atoms with Gasteiger partial charge in [-0.15, -0.1) is 12.8 Å². The molecule has 8 heteroatoms. The maximum absolute atomic E-state index is 7.79. The Morgan fingerprint density at radius 2 is 1.16 bits per heavy atom. The minimum Gasteiger partial charge on any atom is -0.648 e. The van der Waals surface area contributed by atoms with Gasteiger partial charge in [-0.25, -0.2) is 4.99 Å². The number of rotatable bonds is 2. The third kappa shape index (κ3) is 3.43. The molecule has 2 aromatic heterocycles. The van der Waals surface area contributed by atoms with Gasteiger partial charge in [-0.3, -0.25) is 0 Å². The van der Waals surface area contributed by atoms with Crippen molar-refractivity contribution < 1.29 is 9.14 Å². The van der Waals surface area contributed by atoms with Gasteiger partial charge in [0.2, 0.25) is 11.7 Å². The molecule has 0 N–H and O–H groups in total. The summed E-state index contributed by atoms with van der Waals surface area (Å²) in [6.07, 6.45) is 12.1. The second-order valence-corrected chi connectivity index (χ2v) is 15.7. The Bertz CT molecular complexity index is 2860. The Kier molecular flexibility index (Phi) is 5.26. The summed E-state index contributed by atoms with van der Waals surface area (Å²) in [7, 11) is 0. The lowest BCUT2D eigenvalue weighted by Gasteiger charge is -2.47. The lowest BCUT2D eigenvalue weighted by Crippen LogP contribution is -2.75. The zero-order valence-corrected chi connectivity index (χ0v) is 28.8. The van der Waals surface area contributed by atoms with Gasteiger partial charge in [-0.2, -0.15) is 0 Å². The monoisotopic (exact) mass is 648 g/mol. The SMILES string of the molecule is C#Cc1cc2c(cc1C#C)C1=[N+]3C2=Nc2c4ccccc4c4n2[B-]3(Oc2cc(C(C)(C)C)cc(C(C)(C)C)c2)n2c(c3ccccc3c2=N4)=N1. The van der Waals surface area contributed by atoms with Crippen LogP contribution in [0.4, 0.5) is 11.6 Å². The number of aromatic nitrogens is 2. The minimum atomic E-state index is -2.40. The van der Waals surface area contributed by atoms with Crippen molar-refractivity contribution >= 4 is 51.6 Å². The number of fused-ring (bicyclic) bond motifs is 9. The first-order chi connectivity index (χ1) is 23.9. The van der Waals surface area contributed by atoms with E-state index in [1.165, 1.54) is 11.1 Å². The van der Waals surface area contributed by atoms with Crippen LogP contribution >= 0.6 is 0 Å². The highest BCUT2D eigenvalue weighted by molar-refractivity contribution is 6.69. The Labute approximate surface area is 290 Å². The minimum absolute atomic E-state index is 0.118. The third-order valence-electron chi connectivity index (χ3n) is 10.7. The van der Waals surface area contributed by atoms with E-state index in [9.17, 15) is 0 Å². The standard InChI is InChI=1S/C42H33BN6O/c1-9-24-19-33-34(20-25(24)10-2)40-46-38-32-18-14-12-16-30(32)36-44-35-29-15-11-13-17-31(29)37-45-39(33)49(40)43(47(35)37,48(36)38)50-28-22-26(41(3,4)5)21-27(23-28)42(6,7)8/h1-2,11-23H,3-8H3. The van der Waals surface area contributed by atoms with Gasteiger partial charge in [-0.1, -0.05) is 106 Å². The predicted octanol–water partition coefficient (Wildman–Crippen LogP) is 6.83. The van der Waals surface area contributed by atoms with Crippen LogP contribution in [0.3, 0.4) is 0 Å². The molecule has 0 saturated carbocycles. The van der Waals surface area contributed by atoms with E-state index in [-0.39, 0.29) is 10.8 Å². The van der Waals surface area contributed by atoms with Crippen LogP contribution in [0.25, 0.3) is 21.5 Å². The van der Waals surface area contributed by atoms with Crippen LogP contribution < -0.4 is 15.6 Å². The third-order valence-corrected chi connectivity index (χ3v) is 10.7. The normalized spacial score (nSPS) is 17.8. The second kappa shape index (κ2) is 9.11. The smallest absolute Gasteiger partial charge is 0.568 e. The topological polar surface area (TPSA) is 59.2 Å². The molecule has 0 spiro atoms. The van der Waals surface area contributed by atoms with Crippen LogP contribution in [-0.4, -0.2) is 31.9 Å². The van der Waals surface area contributed by atoms with Crippen LogP contribution in [0.1, 0.15) is 74.9 Å². The van der Waals surface area contributed by atoms with E-state index in [4.69, 9.17) is 32.5 Å². The second-order valence-electron chi connectivity index (χ2n) is 15.7. The van der Waals surface area contributed by atoms with E-state index in [0.29, 0.717) is 11.1 Å². The van der Waals surface area contributed by atoms with Crippen molar-refractivity contribution in [2.45, 2.75) is 52.4 Å². The Balaban J connectivity index is 1.43. The molecule has 4 aliphatic rings. The Hall–Kier alpha value is -6.12. The molecule has 6 aromatic rings. The molecule has 0 radical (unpaired) electrons. The average Bonchev–Trinajstić information content (AvgIpc) is 3.71. The van der Waals surface area contributed by atoms with E-state index in [1.807, 2.05) is 24.3 Å². The van der Waals surface area contributed by atoms with E-state index >= 15 is 0 Å². The fraction of sp³-hybridized carbons (Fsp3) is 0.190. The largest absolute Gasteiger partial charge is 0.648 e. The molecule has 4 aromatic carbocycles. The molecule has 0 bridgehead atoms. The van der Waals surface area contributed by atoms with Crippen molar-refractivity contribution in [2.24, 2.45) is 15.0 Å². The summed E-state index contributed by atoms with van der Waals surface area (Å²) < 4.78 is 14.4. The molecule has 0 fully saturated rings. The quantitative estimate of drug-likeness (QED) is 0.150. The molecule has 1 atom stereocenters. The first-order valence-electron chi connectivity index (χ1n) is 17.0. The number of amidine groups is 2. The van der Waals surface area contributed by atoms with Crippen molar-refractivity contribution in [2.75, 3.05) is 0 Å². The van der Waals surface area contributed by atoms with Gasteiger partial charge >= 0.3 is 6.75 Å². The molecule has 0 saturated heterocycles. The fourth-order valence-corrected chi connectivity index (χ4v) is 8.20. The Morgan fingerprint density at radius 1 is 0.640 bits per heavy atom. The number of hydrogen-bond acceptors (Lipinski definition) is 4. The van der Waals surface area contributed by atoms with Crippen LogP contribution in [-0.2, 0) is 10.8 Å². The average molecular weight is 649 g/mol. The molecule has 0 amide bonds. The summed E-state index contributed by atoms with van der Waals surface area (Å²) in [6, 6.07) is 27.3. The summed E-state index contributed by atoms with van der Waals surface area (Å²) in [5.74, 6) is 9.41. The van der Waals surface area contributed by atoms with Gasteiger partial charge in [0.15, 0.2) is 11.3 Å². The summed E-state index contributed by atoms with van der Waals surface area (Å²) >= 11 is 0. The molecule has 50 heavy (non-hydrogen) atoms. The van der Waals surface area contributed by atoms with Gasteiger partial charge in [0, 0.05) is 32.7 Å². The number of terminal acetylenes is 2. The zero-order chi connectivity index (χ0) is 34.5. The van der Waals surface area contributed by atoms with Gasteiger partial charge in [0.25, 0.3) is 0 Å². The van der Waals surface area contributed by atoms with Crippen LogP contribution in [0.5, 0.6) is 5.75 Å².